The van der Waals surface area contributed by atoms with Crippen LogP contribution in [-0.2, 0) is 9.59 Å². The number of carbonyl (C=O) groups is 2. The Morgan fingerprint density at radius 1 is 1.39 bits per heavy atom. The average molecular weight is 325 g/mol. The van der Waals surface area contributed by atoms with E-state index in [1.807, 2.05) is 0 Å². The fraction of sp³-hybridized carbons (Fsp3) is 0.429. The van der Waals surface area contributed by atoms with Gasteiger partial charge in [-0.3, -0.25) is 19.7 Å². The van der Waals surface area contributed by atoms with Gasteiger partial charge in [-0.2, -0.15) is 0 Å². The van der Waals surface area contributed by atoms with Crippen molar-refractivity contribution in [2.24, 2.45) is 0 Å². The zero-order chi connectivity index (χ0) is 17.4. The number of carboxylic acid groups (broad SMARTS) is 1. The van der Waals surface area contributed by atoms with E-state index in [-0.39, 0.29) is 30.9 Å². The first-order valence-electron chi connectivity index (χ1n) is 6.97. The maximum atomic E-state index is 12.0. The minimum absolute atomic E-state index is 0.0849. The van der Waals surface area contributed by atoms with Crippen LogP contribution in [0.15, 0.2) is 18.2 Å². The van der Waals surface area contributed by atoms with Gasteiger partial charge in [0.05, 0.1) is 17.0 Å². The predicted octanol–water partition coefficient (Wildman–Crippen LogP) is 0.657. The smallest absolute Gasteiger partial charge is 0.321 e. The number of anilines is 1. The fourth-order valence-corrected chi connectivity index (χ4v) is 1.85. The molecule has 0 saturated heterocycles. The molecule has 1 amide bonds. The first-order chi connectivity index (χ1) is 10.8. The van der Waals surface area contributed by atoms with Gasteiger partial charge in [0, 0.05) is 18.7 Å². The minimum atomic E-state index is -1.19. The van der Waals surface area contributed by atoms with Crippen molar-refractivity contribution in [1.82, 2.24) is 5.32 Å². The van der Waals surface area contributed by atoms with Crippen LogP contribution in [0.5, 0.6) is 0 Å². The SMILES string of the molecule is Cc1ccc([N+](=O)[O-])cc1NC(=O)CC(NCCCO)C(=O)O. The third-order valence-corrected chi connectivity index (χ3v) is 3.12. The molecule has 9 heteroatoms. The van der Waals surface area contributed by atoms with Gasteiger partial charge in [0.2, 0.25) is 5.91 Å². The van der Waals surface area contributed by atoms with E-state index in [4.69, 9.17) is 10.2 Å². The molecule has 0 aliphatic rings. The van der Waals surface area contributed by atoms with Gasteiger partial charge in [-0.15, -0.1) is 0 Å². The maximum absolute atomic E-state index is 12.0. The summed E-state index contributed by atoms with van der Waals surface area (Å²) in [7, 11) is 0. The zero-order valence-corrected chi connectivity index (χ0v) is 12.6. The van der Waals surface area contributed by atoms with Crippen LogP contribution >= 0.6 is 0 Å². The van der Waals surface area contributed by atoms with Crippen molar-refractivity contribution in [2.45, 2.75) is 25.8 Å². The number of hydrogen-bond donors (Lipinski definition) is 4. The van der Waals surface area contributed by atoms with Crippen LogP contribution in [0.1, 0.15) is 18.4 Å². The molecule has 1 aromatic carbocycles. The van der Waals surface area contributed by atoms with Crippen LogP contribution in [0.3, 0.4) is 0 Å². The number of aliphatic carboxylic acids is 1. The second kappa shape index (κ2) is 8.81. The van der Waals surface area contributed by atoms with E-state index in [0.29, 0.717) is 12.0 Å². The summed E-state index contributed by atoms with van der Waals surface area (Å²) in [5.41, 5.74) is 0.731. The summed E-state index contributed by atoms with van der Waals surface area (Å²) in [4.78, 5) is 33.2. The van der Waals surface area contributed by atoms with Crippen molar-refractivity contribution >= 4 is 23.3 Å². The molecular weight excluding hydrogens is 306 g/mol. The highest BCUT2D eigenvalue weighted by atomic mass is 16.6. The van der Waals surface area contributed by atoms with E-state index in [0.717, 1.165) is 0 Å². The van der Waals surface area contributed by atoms with E-state index in [1.165, 1.54) is 18.2 Å². The van der Waals surface area contributed by atoms with Crippen molar-refractivity contribution in [3.05, 3.63) is 33.9 Å². The lowest BCUT2D eigenvalue weighted by Crippen LogP contribution is -2.40. The number of amides is 1. The first kappa shape index (κ1) is 18.5. The highest BCUT2D eigenvalue weighted by Gasteiger charge is 2.21. The molecule has 0 saturated carbocycles. The predicted molar refractivity (Wildman–Crippen MR) is 82.2 cm³/mol. The number of nitrogens with zero attached hydrogens (tertiary/aromatic N) is 1. The third-order valence-electron chi connectivity index (χ3n) is 3.12. The van der Waals surface area contributed by atoms with Gasteiger partial charge in [-0.05, 0) is 25.5 Å². The second-order valence-electron chi connectivity index (χ2n) is 4.93. The Labute approximate surface area is 132 Å². The summed E-state index contributed by atoms with van der Waals surface area (Å²) >= 11 is 0. The van der Waals surface area contributed by atoms with Crippen molar-refractivity contribution in [3.8, 4) is 0 Å². The van der Waals surface area contributed by atoms with Gasteiger partial charge < -0.3 is 20.8 Å². The minimum Gasteiger partial charge on any atom is -0.480 e. The van der Waals surface area contributed by atoms with E-state index < -0.39 is 22.8 Å². The maximum Gasteiger partial charge on any atom is 0.321 e. The third kappa shape index (κ3) is 6.01. The Bertz CT molecular complexity index is 590. The lowest BCUT2D eigenvalue weighted by Gasteiger charge is -2.14. The molecule has 0 heterocycles. The monoisotopic (exact) mass is 325 g/mol. The number of nitro groups is 1. The molecule has 1 rings (SSSR count). The summed E-state index contributed by atoms with van der Waals surface area (Å²) in [6.07, 6.45) is 0.0400. The summed E-state index contributed by atoms with van der Waals surface area (Å²) < 4.78 is 0. The number of benzene rings is 1. The van der Waals surface area contributed by atoms with Crippen LogP contribution < -0.4 is 10.6 Å². The summed E-state index contributed by atoms with van der Waals surface area (Å²) in [6.45, 7) is 1.85. The Morgan fingerprint density at radius 2 is 2.09 bits per heavy atom. The van der Waals surface area contributed by atoms with Gasteiger partial charge in [0.25, 0.3) is 5.69 Å². The second-order valence-corrected chi connectivity index (χ2v) is 4.93. The molecule has 0 fully saturated rings. The lowest BCUT2D eigenvalue weighted by molar-refractivity contribution is -0.384. The van der Waals surface area contributed by atoms with Crippen molar-refractivity contribution in [1.29, 1.82) is 0 Å². The van der Waals surface area contributed by atoms with E-state index in [9.17, 15) is 19.7 Å². The van der Waals surface area contributed by atoms with Crippen LogP contribution in [0.25, 0.3) is 0 Å². The molecule has 0 aliphatic carbocycles. The first-order valence-corrected chi connectivity index (χ1v) is 6.97. The van der Waals surface area contributed by atoms with Crippen LogP contribution in [-0.4, -0.2) is 46.2 Å². The molecule has 0 spiro atoms. The molecule has 1 atom stereocenters. The molecule has 23 heavy (non-hydrogen) atoms. The van der Waals surface area contributed by atoms with Crippen molar-refractivity contribution in [2.75, 3.05) is 18.5 Å². The number of hydrogen-bond acceptors (Lipinski definition) is 6. The molecule has 126 valence electrons. The average Bonchev–Trinajstić information content (AvgIpc) is 2.48. The van der Waals surface area contributed by atoms with Gasteiger partial charge in [0.15, 0.2) is 0 Å². The molecule has 0 aliphatic heterocycles. The number of nitro benzene ring substituents is 1. The fourth-order valence-electron chi connectivity index (χ4n) is 1.85. The van der Waals surface area contributed by atoms with E-state index in [2.05, 4.69) is 10.6 Å². The van der Waals surface area contributed by atoms with Gasteiger partial charge in [-0.25, -0.2) is 0 Å². The van der Waals surface area contributed by atoms with Gasteiger partial charge in [-0.1, -0.05) is 6.07 Å². The number of nitrogens with one attached hydrogen (secondary N) is 2. The van der Waals surface area contributed by atoms with E-state index in [1.54, 1.807) is 6.92 Å². The number of carboxylic acids is 1. The Morgan fingerprint density at radius 3 is 2.65 bits per heavy atom. The lowest BCUT2D eigenvalue weighted by atomic mass is 10.1. The molecule has 0 aromatic heterocycles. The van der Waals surface area contributed by atoms with Crippen molar-refractivity contribution < 1.29 is 24.7 Å². The zero-order valence-electron chi connectivity index (χ0n) is 12.6. The molecule has 1 aromatic rings. The van der Waals surface area contributed by atoms with Gasteiger partial charge >= 0.3 is 5.97 Å². The van der Waals surface area contributed by atoms with Crippen LogP contribution in [0.4, 0.5) is 11.4 Å². The molecule has 0 radical (unpaired) electrons. The number of rotatable bonds is 9. The Balaban J connectivity index is 2.72. The van der Waals surface area contributed by atoms with E-state index >= 15 is 0 Å². The highest BCUT2D eigenvalue weighted by Crippen LogP contribution is 2.22. The molecule has 9 nitrogen and oxygen atoms in total. The standard InChI is InChI=1S/C14H19N3O6/c1-9-3-4-10(17(22)23)7-11(9)16-13(19)8-12(14(20)21)15-5-2-6-18/h3-4,7,12,15,18H,2,5-6,8H2,1H3,(H,16,19)(H,20,21). The molecule has 4 N–H and O–H groups in total. The topological polar surface area (TPSA) is 142 Å². The number of carbonyl (C=O) groups excluding carboxylic acids is 1. The summed E-state index contributed by atoms with van der Waals surface area (Å²) in [5, 5.41) is 33.6. The highest BCUT2D eigenvalue weighted by molar-refractivity contribution is 5.94. The van der Waals surface area contributed by atoms with Crippen LogP contribution in [0.2, 0.25) is 0 Å². The van der Waals surface area contributed by atoms with Crippen LogP contribution in [0, 0.1) is 17.0 Å². The molecule has 1 unspecified atom stereocenters. The summed E-state index contributed by atoms with van der Waals surface area (Å²) in [6, 6.07) is 2.95. The number of aryl methyl sites for hydroxylation is 1. The molecular formula is C14H19N3O6. The van der Waals surface area contributed by atoms with Gasteiger partial charge in [0.1, 0.15) is 6.04 Å². The normalized spacial score (nSPS) is 11.7. The largest absolute Gasteiger partial charge is 0.480 e. The number of non-ortho nitro benzene ring substituents is 1. The van der Waals surface area contributed by atoms with Crippen molar-refractivity contribution in [3.63, 3.8) is 0 Å². The number of aliphatic hydroxyl groups excluding tert-OH is 1. The Kier molecular flexibility index (Phi) is 7.10. The Hall–Kier alpha value is -2.52. The number of aliphatic hydroxyl groups is 1. The quantitative estimate of drug-likeness (QED) is 0.297. The molecule has 0 bridgehead atoms. The summed E-state index contributed by atoms with van der Waals surface area (Å²) in [5.74, 6) is -1.76.